The van der Waals surface area contributed by atoms with Gasteiger partial charge in [0, 0.05) is 13.1 Å². The van der Waals surface area contributed by atoms with Crippen LogP contribution in [0.4, 0.5) is 0 Å². The minimum Gasteiger partial charge on any atom is -0.493 e. The second-order valence-electron chi connectivity index (χ2n) is 6.43. The van der Waals surface area contributed by atoms with Gasteiger partial charge in [0.05, 0.1) is 39.3 Å². The Morgan fingerprint density at radius 3 is 2.18 bits per heavy atom. The van der Waals surface area contributed by atoms with Gasteiger partial charge in [-0.15, -0.1) is 0 Å². The SMILES string of the molecule is COc1cc(CC(=O)OCC(=O)N(C)[C@@H]2CCS(=O)(=O)C2)cc(OC)c1OC. The van der Waals surface area contributed by atoms with E-state index in [9.17, 15) is 18.0 Å². The first-order chi connectivity index (χ1) is 13.2. The van der Waals surface area contributed by atoms with Crippen LogP contribution in [0.15, 0.2) is 12.1 Å². The first kappa shape index (κ1) is 21.8. The van der Waals surface area contributed by atoms with E-state index in [0.717, 1.165) is 0 Å². The van der Waals surface area contributed by atoms with Crippen LogP contribution >= 0.6 is 0 Å². The van der Waals surface area contributed by atoms with Gasteiger partial charge in [-0.2, -0.15) is 0 Å². The quantitative estimate of drug-likeness (QED) is 0.563. The zero-order chi connectivity index (χ0) is 20.9. The monoisotopic (exact) mass is 415 g/mol. The van der Waals surface area contributed by atoms with E-state index in [-0.39, 0.29) is 24.0 Å². The van der Waals surface area contributed by atoms with Gasteiger partial charge in [0.2, 0.25) is 5.75 Å². The van der Waals surface area contributed by atoms with Gasteiger partial charge in [0.15, 0.2) is 27.9 Å². The summed E-state index contributed by atoms with van der Waals surface area (Å²) in [6.07, 6.45) is 0.301. The van der Waals surface area contributed by atoms with E-state index in [1.54, 1.807) is 12.1 Å². The number of benzene rings is 1. The van der Waals surface area contributed by atoms with E-state index in [2.05, 4.69) is 0 Å². The maximum atomic E-state index is 12.2. The highest BCUT2D eigenvalue weighted by Crippen LogP contribution is 2.38. The molecule has 0 spiro atoms. The van der Waals surface area contributed by atoms with Gasteiger partial charge in [-0.3, -0.25) is 9.59 Å². The third-order valence-corrected chi connectivity index (χ3v) is 6.33. The molecule has 0 unspecified atom stereocenters. The molecule has 1 aliphatic rings. The molecule has 1 fully saturated rings. The summed E-state index contributed by atoms with van der Waals surface area (Å²) in [5.74, 6) is 0.178. The lowest BCUT2D eigenvalue weighted by Crippen LogP contribution is -2.40. The number of likely N-dealkylation sites (N-methyl/N-ethyl adjacent to an activating group) is 1. The second kappa shape index (κ2) is 9.13. The molecule has 0 aliphatic carbocycles. The van der Waals surface area contributed by atoms with E-state index in [0.29, 0.717) is 29.2 Å². The molecule has 9 nitrogen and oxygen atoms in total. The molecular weight excluding hydrogens is 390 g/mol. The van der Waals surface area contributed by atoms with Gasteiger partial charge in [-0.1, -0.05) is 0 Å². The number of carbonyl (C=O) groups excluding carboxylic acids is 2. The molecular formula is C18H25NO8S. The number of methoxy groups -OCH3 is 3. The van der Waals surface area contributed by atoms with Crippen molar-refractivity contribution in [2.24, 2.45) is 0 Å². The number of rotatable bonds is 8. The van der Waals surface area contributed by atoms with E-state index in [1.807, 2.05) is 0 Å². The van der Waals surface area contributed by atoms with Crippen LogP contribution in [0.3, 0.4) is 0 Å². The fourth-order valence-electron chi connectivity index (χ4n) is 2.98. The molecule has 0 radical (unpaired) electrons. The maximum Gasteiger partial charge on any atom is 0.310 e. The number of amides is 1. The summed E-state index contributed by atoms with van der Waals surface area (Å²) in [5, 5.41) is 0. The Morgan fingerprint density at radius 2 is 1.71 bits per heavy atom. The molecule has 0 bridgehead atoms. The molecule has 156 valence electrons. The number of esters is 1. The van der Waals surface area contributed by atoms with E-state index in [4.69, 9.17) is 18.9 Å². The summed E-state index contributed by atoms with van der Waals surface area (Å²) in [5.41, 5.74) is 0.571. The average molecular weight is 415 g/mol. The summed E-state index contributed by atoms with van der Waals surface area (Å²) < 4.78 is 43.8. The number of ether oxygens (including phenoxy) is 4. The van der Waals surface area contributed by atoms with Gasteiger partial charge in [0.1, 0.15) is 0 Å². The number of hydrogen-bond donors (Lipinski definition) is 0. The van der Waals surface area contributed by atoms with Crippen molar-refractivity contribution in [1.82, 2.24) is 4.90 Å². The minimum absolute atomic E-state index is 0.0609. The smallest absolute Gasteiger partial charge is 0.310 e. The summed E-state index contributed by atoms with van der Waals surface area (Å²) in [6, 6.07) is 2.87. The Labute approximate surface area is 164 Å². The van der Waals surface area contributed by atoms with Crippen LogP contribution in [0.1, 0.15) is 12.0 Å². The summed E-state index contributed by atoms with van der Waals surface area (Å²) in [7, 11) is 2.83. The lowest BCUT2D eigenvalue weighted by molar-refractivity contribution is -0.151. The molecule has 0 saturated carbocycles. The first-order valence-corrected chi connectivity index (χ1v) is 10.4. The molecule has 0 N–H and O–H groups in total. The fourth-order valence-corrected chi connectivity index (χ4v) is 4.76. The summed E-state index contributed by atoms with van der Waals surface area (Å²) in [6.45, 7) is -0.448. The van der Waals surface area contributed by atoms with Gasteiger partial charge in [0.25, 0.3) is 5.91 Å². The third kappa shape index (κ3) is 5.28. The molecule has 0 aromatic heterocycles. The highest BCUT2D eigenvalue weighted by atomic mass is 32.2. The lowest BCUT2D eigenvalue weighted by atomic mass is 10.1. The van der Waals surface area contributed by atoms with E-state index >= 15 is 0 Å². The second-order valence-corrected chi connectivity index (χ2v) is 8.66. The summed E-state index contributed by atoms with van der Waals surface area (Å²) >= 11 is 0. The third-order valence-electron chi connectivity index (χ3n) is 4.58. The number of carbonyl (C=O) groups is 2. The number of sulfone groups is 1. The normalized spacial score (nSPS) is 17.6. The Morgan fingerprint density at radius 1 is 1.11 bits per heavy atom. The largest absolute Gasteiger partial charge is 0.493 e. The van der Waals surface area contributed by atoms with Crippen molar-refractivity contribution >= 4 is 21.7 Å². The van der Waals surface area contributed by atoms with Crippen molar-refractivity contribution in [2.75, 3.05) is 46.5 Å². The van der Waals surface area contributed by atoms with Crippen LogP contribution in [-0.2, 0) is 30.6 Å². The van der Waals surface area contributed by atoms with Gasteiger partial charge < -0.3 is 23.8 Å². The zero-order valence-electron chi connectivity index (χ0n) is 16.4. The Kier molecular flexibility index (Phi) is 7.11. The van der Waals surface area contributed by atoms with Crippen molar-refractivity contribution in [2.45, 2.75) is 18.9 Å². The van der Waals surface area contributed by atoms with Crippen LogP contribution in [-0.4, -0.2) is 77.7 Å². The average Bonchev–Trinajstić information content (AvgIpc) is 3.04. The van der Waals surface area contributed by atoms with Crippen LogP contribution < -0.4 is 14.2 Å². The van der Waals surface area contributed by atoms with Crippen LogP contribution in [0, 0.1) is 0 Å². The topological polar surface area (TPSA) is 108 Å². The molecule has 1 atom stereocenters. The van der Waals surface area contributed by atoms with Crippen molar-refractivity contribution in [3.63, 3.8) is 0 Å². The maximum absolute atomic E-state index is 12.2. The van der Waals surface area contributed by atoms with Gasteiger partial charge >= 0.3 is 5.97 Å². The molecule has 1 heterocycles. The molecule has 1 aliphatic heterocycles. The first-order valence-electron chi connectivity index (χ1n) is 8.61. The van der Waals surface area contributed by atoms with Crippen LogP contribution in [0.5, 0.6) is 17.2 Å². The molecule has 28 heavy (non-hydrogen) atoms. The van der Waals surface area contributed by atoms with E-state index in [1.165, 1.54) is 33.3 Å². The van der Waals surface area contributed by atoms with Gasteiger partial charge in [-0.05, 0) is 24.1 Å². The van der Waals surface area contributed by atoms with Crippen LogP contribution in [0.2, 0.25) is 0 Å². The molecule has 1 aromatic carbocycles. The zero-order valence-corrected chi connectivity index (χ0v) is 17.2. The van der Waals surface area contributed by atoms with E-state index < -0.39 is 28.3 Å². The molecule has 10 heteroatoms. The molecule has 1 amide bonds. The van der Waals surface area contributed by atoms with Crippen molar-refractivity contribution < 1.29 is 37.0 Å². The summed E-state index contributed by atoms with van der Waals surface area (Å²) in [4.78, 5) is 25.6. The Bertz CT molecular complexity index is 811. The number of nitrogens with zero attached hydrogens (tertiary/aromatic N) is 1. The molecule has 1 aromatic rings. The molecule has 2 rings (SSSR count). The highest BCUT2D eigenvalue weighted by molar-refractivity contribution is 7.91. The number of hydrogen-bond acceptors (Lipinski definition) is 8. The fraction of sp³-hybridized carbons (Fsp3) is 0.556. The lowest BCUT2D eigenvalue weighted by Gasteiger charge is -2.23. The Hall–Kier alpha value is -2.49. The van der Waals surface area contributed by atoms with Crippen LogP contribution in [0.25, 0.3) is 0 Å². The van der Waals surface area contributed by atoms with Crippen molar-refractivity contribution in [3.8, 4) is 17.2 Å². The van der Waals surface area contributed by atoms with Crippen molar-refractivity contribution in [1.29, 1.82) is 0 Å². The predicted octanol–water partition coefficient (Wildman–Crippen LogP) is 0.444. The standard InChI is InChI=1S/C18H25NO8S/c1-19(13-5-6-28(22,23)11-13)16(20)10-27-17(21)9-12-7-14(24-2)18(26-4)15(8-12)25-3/h7-8,13H,5-6,9-11H2,1-4H3/t13-/m1/s1. The predicted molar refractivity (Wildman–Crippen MR) is 101 cm³/mol. The molecule has 1 saturated heterocycles. The van der Waals surface area contributed by atoms with Gasteiger partial charge in [-0.25, -0.2) is 8.42 Å². The minimum atomic E-state index is -3.10. The van der Waals surface area contributed by atoms with Crippen molar-refractivity contribution in [3.05, 3.63) is 17.7 Å². The Balaban J connectivity index is 1.94. The highest BCUT2D eigenvalue weighted by Gasteiger charge is 2.32.